The first-order chi connectivity index (χ1) is 14.5. The Kier molecular flexibility index (Phi) is 5.31. The van der Waals surface area contributed by atoms with Crippen LogP contribution < -0.4 is 20.1 Å². The molecule has 3 aromatic rings. The van der Waals surface area contributed by atoms with Gasteiger partial charge in [-0.2, -0.15) is 10.1 Å². The molecule has 0 saturated heterocycles. The summed E-state index contributed by atoms with van der Waals surface area (Å²) in [5.74, 6) is 1.33. The molecule has 1 amide bonds. The van der Waals surface area contributed by atoms with Gasteiger partial charge in [-0.25, -0.2) is 4.68 Å². The quantitative estimate of drug-likeness (QED) is 0.675. The normalized spacial score (nSPS) is 20.1. The molecule has 8 heteroatoms. The van der Waals surface area contributed by atoms with Crippen LogP contribution in [0, 0.1) is 12.8 Å². The van der Waals surface area contributed by atoms with Crippen molar-refractivity contribution in [3.8, 4) is 11.5 Å². The Morgan fingerprint density at radius 3 is 2.63 bits per heavy atom. The zero-order valence-electron chi connectivity index (χ0n) is 17.4. The van der Waals surface area contributed by atoms with Gasteiger partial charge in [-0.15, -0.1) is 0 Å². The van der Waals surface area contributed by atoms with Gasteiger partial charge in [0.15, 0.2) is 11.5 Å². The highest BCUT2D eigenvalue weighted by Gasteiger charge is 2.41. The first kappa shape index (κ1) is 19.8. The fraction of sp³-hybridized carbons (Fsp3) is 0.318. The van der Waals surface area contributed by atoms with Gasteiger partial charge < -0.3 is 20.1 Å². The van der Waals surface area contributed by atoms with Crippen LogP contribution in [0.5, 0.6) is 11.5 Å². The number of hydrogen-bond donors (Lipinski definition) is 2. The Morgan fingerprint density at radius 1 is 1.13 bits per heavy atom. The summed E-state index contributed by atoms with van der Waals surface area (Å²) in [6, 6.07) is 12.9. The lowest BCUT2D eigenvalue weighted by Crippen LogP contribution is -2.46. The van der Waals surface area contributed by atoms with Gasteiger partial charge in [0.25, 0.3) is 0 Å². The molecule has 3 atom stereocenters. The number of aromatic nitrogens is 3. The molecule has 4 rings (SSSR count). The third kappa shape index (κ3) is 3.45. The second kappa shape index (κ2) is 8.06. The van der Waals surface area contributed by atoms with Crippen molar-refractivity contribution in [1.82, 2.24) is 14.8 Å². The van der Waals surface area contributed by atoms with Crippen LogP contribution in [0.4, 0.5) is 11.6 Å². The summed E-state index contributed by atoms with van der Waals surface area (Å²) < 4.78 is 12.6. The van der Waals surface area contributed by atoms with Crippen molar-refractivity contribution in [3.63, 3.8) is 0 Å². The number of amides is 1. The van der Waals surface area contributed by atoms with Crippen LogP contribution in [0.25, 0.3) is 0 Å². The van der Waals surface area contributed by atoms with E-state index in [1.54, 1.807) is 18.9 Å². The molecule has 156 valence electrons. The molecule has 0 aliphatic carbocycles. The van der Waals surface area contributed by atoms with Gasteiger partial charge in [-0.1, -0.05) is 24.3 Å². The first-order valence-corrected chi connectivity index (χ1v) is 9.78. The smallest absolute Gasteiger partial charge is 0.232 e. The molecule has 2 N–H and O–H groups in total. The van der Waals surface area contributed by atoms with Crippen LogP contribution in [-0.2, 0) is 4.79 Å². The Hall–Kier alpha value is -3.55. The largest absolute Gasteiger partial charge is 0.493 e. The lowest BCUT2D eigenvalue weighted by molar-refractivity contribution is -0.121. The first-order valence-electron chi connectivity index (χ1n) is 9.78. The Labute approximate surface area is 175 Å². The minimum absolute atomic E-state index is 0.0924. The van der Waals surface area contributed by atoms with E-state index in [0.717, 1.165) is 16.8 Å². The second-order valence-electron chi connectivity index (χ2n) is 7.35. The van der Waals surface area contributed by atoms with Gasteiger partial charge in [0.2, 0.25) is 11.9 Å². The number of nitrogens with one attached hydrogen (secondary N) is 2. The van der Waals surface area contributed by atoms with E-state index < -0.39 is 5.92 Å². The van der Waals surface area contributed by atoms with Gasteiger partial charge in [-0.3, -0.25) is 4.79 Å². The summed E-state index contributed by atoms with van der Waals surface area (Å²) in [7, 11) is 3.19. The number of carbonyl (C=O) groups excluding carboxylic acids is 1. The molecule has 2 heterocycles. The average Bonchev–Trinajstić information content (AvgIpc) is 3.21. The minimum Gasteiger partial charge on any atom is -0.493 e. The Bertz CT molecular complexity index is 1060. The van der Waals surface area contributed by atoms with E-state index in [0.29, 0.717) is 17.4 Å². The SMILES string of the molecule is COc1ccc([C@@H]2[C@H](C(=O)Nc3ccccc3C)[C@H](C)Nc3ncnn32)cc1OC. The fourth-order valence-electron chi connectivity index (χ4n) is 3.96. The summed E-state index contributed by atoms with van der Waals surface area (Å²) in [4.78, 5) is 17.8. The highest BCUT2D eigenvalue weighted by molar-refractivity contribution is 5.94. The van der Waals surface area contributed by atoms with Crippen molar-refractivity contribution < 1.29 is 14.3 Å². The molecule has 1 aliphatic rings. The number of fused-ring (bicyclic) bond motifs is 1. The summed E-state index contributed by atoms with van der Waals surface area (Å²) in [6.07, 6.45) is 1.49. The standard InChI is InChI=1S/C22H25N5O3/c1-13-7-5-6-8-16(13)26-21(28)19-14(2)25-22-23-12-24-27(22)20(19)15-9-10-17(29-3)18(11-15)30-4/h5-12,14,19-20H,1-4H3,(H,26,28)(H,23,24,25)/t14-,19+,20+/m0/s1. The van der Waals surface area contributed by atoms with Gasteiger partial charge in [0, 0.05) is 11.7 Å². The highest BCUT2D eigenvalue weighted by atomic mass is 16.5. The van der Waals surface area contributed by atoms with Gasteiger partial charge in [-0.05, 0) is 43.2 Å². The van der Waals surface area contributed by atoms with Crippen molar-refractivity contribution in [1.29, 1.82) is 0 Å². The van der Waals surface area contributed by atoms with Crippen LogP contribution in [0.1, 0.15) is 24.1 Å². The number of para-hydroxylation sites is 1. The van der Waals surface area contributed by atoms with Gasteiger partial charge in [0.1, 0.15) is 6.33 Å². The highest BCUT2D eigenvalue weighted by Crippen LogP contribution is 2.39. The molecule has 0 saturated carbocycles. The third-order valence-electron chi connectivity index (χ3n) is 5.53. The number of ether oxygens (including phenoxy) is 2. The number of carbonyl (C=O) groups is 1. The molecule has 0 unspecified atom stereocenters. The zero-order valence-corrected chi connectivity index (χ0v) is 17.4. The van der Waals surface area contributed by atoms with Crippen molar-refractivity contribution in [3.05, 3.63) is 59.9 Å². The average molecular weight is 407 g/mol. The van der Waals surface area contributed by atoms with E-state index in [-0.39, 0.29) is 18.0 Å². The topological polar surface area (TPSA) is 90.3 Å². The molecule has 30 heavy (non-hydrogen) atoms. The van der Waals surface area contributed by atoms with Gasteiger partial charge in [0.05, 0.1) is 26.2 Å². The maximum atomic E-state index is 13.5. The molecule has 8 nitrogen and oxygen atoms in total. The van der Waals surface area contributed by atoms with Crippen molar-refractivity contribution >= 4 is 17.5 Å². The molecule has 0 spiro atoms. The van der Waals surface area contributed by atoms with Crippen LogP contribution in [0.2, 0.25) is 0 Å². The van der Waals surface area contributed by atoms with E-state index >= 15 is 0 Å². The van der Waals surface area contributed by atoms with Crippen LogP contribution >= 0.6 is 0 Å². The van der Waals surface area contributed by atoms with E-state index in [4.69, 9.17) is 9.47 Å². The number of nitrogens with zero attached hydrogens (tertiary/aromatic N) is 3. The maximum absolute atomic E-state index is 13.5. The number of benzene rings is 2. The summed E-state index contributed by atoms with van der Waals surface area (Å²) in [6.45, 7) is 3.95. The molecule has 2 aromatic carbocycles. The Morgan fingerprint density at radius 2 is 1.90 bits per heavy atom. The summed E-state index contributed by atoms with van der Waals surface area (Å²) >= 11 is 0. The molecular weight excluding hydrogens is 382 g/mol. The van der Waals surface area contributed by atoms with Gasteiger partial charge >= 0.3 is 0 Å². The van der Waals surface area contributed by atoms with E-state index in [1.807, 2.05) is 56.3 Å². The minimum atomic E-state index is -0.433. The van der Waals surface area contributed by atoms with Crippen LogP contribution in [0.15, 0.2) is 48.8 Å². The third-order valence-corrected chi connectivity index (χ3v) is 5.53. The van der Waals surface area contributed by atoms with Crippen molar-refractivity contribution in [2.45, 2.75) is 25.9 Å². The van der Waals surface area contributed by atoms with Crippen molar-refractivity contribution in [2.24, 2.45) is 5.92 Å². The molecular formula is C22H25N5O3. The van der Waals surface area contributed by atoms with Crippen LogP contribution in [-0.4, -0.2) is 40.9 Å². The van der Waals surface area contributed by atoms with Crippen LogP contribution in [0.3, 0.4) is 0 Å². The van der Waals surface area contributed by atoms with Crippen molar-refractivity contribution in [2.75, 3.05) is 24.9 Å². The van der Waals surface area contributed by atoms with E-state index in [1.165, 1.54) is 6.33 Å². The number of methoxy groups -OCH3 is 2. The number of anilines is 2. The van der Waals surface area contributed by atoms with E-state index in [9.17, 15) is 4.79 Å². The molecule has 0 radical (unpaired) electrons. The predicted molar refractivity (Wildman–Crippen MR) is 114 cm³/mol. The molecule has 1 aliphatic heterocycles. The lowest BCUT2D eigenvalue weighted by Gasteiger charge is -2.37. The number of rotatable bonds is 5. The number of aryl methyl sites for hydroxylation is 1. The maximum Gasteiger partial charge on any atom is 0.232 e. The fourth-order valence-corrected chi connectivity index (χ4v) is 3.96. The number of hydrogen-bond acceptors (Lipinski definition) is 6. The molecule has 1 aromatic heterocycles. The monoisotopic (exact) mass is 407 g/mol. The van der Waals surface area contributed by atoms with E-state index in [2.05, 4.69) is 20.7 Å². The predicted octanol–water partition coefficient (Wildman–Crippen LogP) is 3.26. The lowest BCUT2D eigenvalue weighted by atomic mass is 9.85. The summed E-state index contributed by atoms with van der Waals surface area (Å²) in [5, 5.41) is 10.8. The molecule has 0 bridgehead atoms. The molecule has 0 fully saturated rings. The Balaban J connectivity index is 1.76. The summed E-state index contributed by atoms with van der Waals surface area (Å²) in [5.41, 5.74) is 2.69. The zero-order chi connectivity index (χ0) is 21.3. The second-order valence-corrected chi connectivity index (χ2v) is 7.35.